The zero-order chi connectivity index (χ0) is 10.7. The minimum absolute atomic E-state index is 0.0948. The zero-order valence-corrected chi connectivity index (χ0v) is 10.2. The van der Waals surface area contributed by atoms with Crippen molar-refractivity contribution in [2.24, 2.45) is 0 Å². The smallest absolute Gasteiger partial charge is 0.0633 e. The van der Waals surface area contributed by atoms with Gasteiger partial charge in [-0.05, 0) is 46.9 Å². The molecule has 1 unspecified atom stereocenters. The molecule has 1 heterocycles. The number of hydrogen-bond donors (Lipinski definition) is 0. The van der Waals surface area contributed by atoms with Crippen molar-refractivity contribution < 1.29 is 0 Å². The molecular weight excluding hydrogens is 224 g/mol. The third kappa shape index (κ3) is 2.61. The summed E-state index contributed by atoms with van der Waals surface area (Å²) in [5, 5.41) is 4.29. The van der Waals surface area contributed by atoms with Crippen molar-refractivity contribution >= 4 is 22.9 Å². The monoisotopic (exact) mass is 236 g/mol. The Bertz CT molecular complexity index is 420. The molecule has 78 valence electrons. The number of hydrogen-bond acceptors (Lipinski definition) is 1. The van der Waals surface area contributed by atoms with E-state index in [2.05, 4.69) is 48.0 Å². The van der Waals surface area contributed by atoms with Crippen LogP contribution in [0.2, 0.25) is 0 Å². The summed E-state index contributed by atoms with van der Waals surface area (Å²) in [5.41, 5.74) is 3.88. The fraction of sp³-hybridized carbons (Fsp3) is 0.231. The van der Waals surface area contributed by atoms with Crippen LogP contribution in [0.4, 0.5) is 0 Å². The highest BCUT2D eigenvalue weighted by molar-refractivity contribution is 7.08. The summed E-state index contributed by atoms with van der Waals surface area (Å²) in [4.78, 5) is 0. The third-order valence-corrected chi connectivity index (χ3v) is 3.67. The van der Waals surface area contributed by atoms with Crippen molar-refractivity contribution in [3.63, 3.8) is 0 Å². The molecular formula is C13H13ClS. The molecule has 2 rings (SSSR count). The molecule has 0 N–H and O–H groups in total. The predicted octanol–water partition coefficient (Wildman–Crippen LogP) is 4.58. The van der Waals surface area contributed by atoms with Crippen molar-refractivity contribution in [3.05, 3.63) is 57.8 Å². The van der Waals surface area contributed by atoms with E-state index in [9.17, 15) is 0 Å². The number of thiophene rings is 1. The van der Waals surface area contributed by atoms with Crippen LogP contribution in [0, 0.1) is 6.92 Å². The lowest BCUT2D eigenvalue weighted by Crippen LogP contribution is -1.96. The summed E-state index contributed by atoms with van der Waals surface area (Å²) in [6.07, 6.45) is 0.908. The van der Waals surface area contributed by atoms with E-state index >= 15 is 0 Å². The highest BCUT2D eigenvalue weighted by atomic mass is 35.5. The summed E-state index contributed by atoms with van der Waals surface area (Å²) in [7, 11) is 0. The van der Waals surface area contributed by atoms with Crippen molar-refractivity contribution in [2.45, 2.75) is 18.7 Å². The zero-order valence-electron chi connectivity index (χ0n) is 8.61. The number of halogens is 1. The highest BCUT2D eigenvalue weighted by Gasteiger charge is 2.10. The average Bonchev–Trinajstić information content (AvgIpc) is 2.74. The lowest BCUT2D eigenvalue weighted by atomic mass is 10.0. The van der Waals surface area contributed by atoms with Crippen LogP contribution in [0.5, 0.6) is 0 Å². The van der Waals surface area contributed by atoms with Crippen molar-refractivity contribution in [2.75, 3.05) is 0 Å². The van der Waals surface area contributed by atoms with E-state index in [1.165, 1.54) is 16.7 Å². The quantitative estimate of drug-likeness (QED) is 0.685. The van der Waals surface area contributed by atoms with Gasteiger partial charge in [-0.15, -0.1) is 11.6 Å². The minimum atomic E-state index is 0.0948. The molecule has 1 atom stereocenters. The summed E-state index contributed by atoms with van der Waals surface area (Å²) in [6.45, 7) is 2.13. The molecule has 1 aromatic heterocycles. The Kier molecular flexibility index (Phi) is 3.45. The van der Waals surface area contributed by atoms with Crippen LogP contribution in [0.25, 0.3) is 0 Å². The van der Waals surface area contributed by atoms with Gasteiger partial charge in [0.15, 0.2) is 0 Å². The maximum Gasteiger partial charge on any atom is 0.0633 e. The second kappa shape index (κ2) is 4.82. The van der Waals surface area contributed by atoms with Gasteiger partial charge in [-0.25, -0.2) is 0 Å². The Morgan fingerprint density at radius 1 is 1.27 bits per heavy atom. The second-order valence-corrected chi connectivity index (χ2v) is 4.96. The maximum absolute atomic E-state index is 6.36. The standard InChI is InChI=1S/C13H13ClS/c1-10-4-2-3-5-11(10)8-13(14)12-6-7-15-9-12/h2-7,9,13H,8H2,1H3. The van der Waals surface area contributed by atoms with Crippen LogP contribution < -0.4 is 0 Å². The van der Waals surface area contributed by atoms with E-state index in [0.717, 1.165) is 6.42 Å². The summed E-state index contributed by atoms with van der Waals surface area (Å²) >= 11 is 8.06. The molecule has 1 aromatic carbocycles. The molecule has 0 spiro atoms. The van der Waals surface area contributed by atoms with Crippen molar-refractivity contribution in [3.8, 4) is 0 Å². The van der Waals surface area contributed by atoms with Gasteiger partial charge in [0.05, 0.1) is 5.38 Å². The van der Waals surface area contributed by atoms with Gasteiger partial charge in [0, 0.05) is 0 Å². The van der Waals surface area contributed by atoms with Gasteiger partial charge in [-0.1, -0.05) is 24.3 Å². The van der Waals surface area contributed by atoms with E-state index < -0.39 is 0 Å². The van der Waals surface area contributed by atoms with Crippen molar-refractivity contribution in [1.82, 2.24) is 0 Å². The first-order chi connectivity index (χ1) is 7.27. The molecule has 0 aliphatic carbocycles. The largest absolute Gasteiger partial charge is 0.152 e. The van der Waals surface area contributed by atoms with Crippen molar-refractivity contribution in [1.29, 1.82) is 0 Å². The van der Waals surface area contributed by atoms with E-state index in [1.807, 2.05) is 0 Å². The number of rotatable bonds is 3. The van der Waals surface area contributed by atoms with Gasteiger partial charge < -0.3 is 0 Å². The van der Waals surface area contributed by atoms with E-state index in [1.54, 1.807) is 11.3 Å². The van der Waals surface area contributed by atoms with Crippen LogP contribution in [0.15, 0.2) is 41.1 Å². The lowest BCUT2D eigenvalue weighted by Gasteiger charge is -2.09. The molecule has 0 bridgehead atoms. The van der Waals surface area contributed by atoms with Crippen LogP contribution in [-0.4, -0.2) is 0 Å². The molecule has 15 heavy (non-hydrogen) atoms. The average molecular weight is 237 g/mol. The first-order valence-electron chi connectivity index (χ1n) is 4.98. The first-order valence-corrected chi connectivity index (χ1v) is 6.36. The molecule has 0 aliphatic rings. The molecule has 0 aliphatic heterocycles. The molecule has 2 heteroatoms. The van der Waals surface area contributed by atoms with E-state index in [-0.39, 0.29) is 5.38 Å². The van der Waals surface area contributed by atoms with Gasteiger partial charge in [0.2, 0.25) is 0 Å². The lowest BCUT2D eigenvalue weighted by molar-refractivity contribution is 0.916. The second-order valence-electron chi connectivity index (χ2n) is 3.65. The molecule has 0 saturated heterocycles. The summed E-state index contributed by atoms with van der Waals surface area (Å²) in [6, 6.07) is 10.5. The van der Waals surface area contributed by atoms with Gasteiger partial charge in [0.1, 0.15) is 0 Å². The first kappa shape index (κ1) is 10.7. The molecule has 0 saturated carbocycles. The van der Waals surface area contributed by atoms with Crippen LogP contribution in [0.1, 0.15) is 22.1 Å². The molecule has 0 fully saturated rings. The Morgan fingerprint density at radius 2 is 2.07 bits per heavy atom. The van der Waals surface area contributed by atoms with Gasteiger partial charge in [-0.3, -0.25) is 0 Å². The Morgan fingerprint density at radius 3 is 2.73 bits per heavy atom. The number of alkyl halides is 1. The van der Waals surface area contributed by atoms with Crippen LogP contribution in [-0.2, 0) is 6.42 Å². The molecule has 0 radical (unpaired) electrons. The van der Waals surface area contributed by atoms with Gasteiger partial charge in [0.25, 0.3) is 0 Å². The minimum Gasteiger partial charge on any atom is -0.152 e. The number of benzene rings is 1. The van der Waals surface area contributed by atoms with Gasteiger partial charge in [-0.2, -0.15) is 11.3 Å². The molecule has 0 amide bonds. The van der Waals surface area contributed by atoms with Crippen LogP contribution >= 0.6 is 22.9 Å². The summed E-state index contributed by atoms with van der Waals surface area (Å²) in [5.74, 6) is 0. The molecule has 2 aromatic rings. The highest BCUT2D eigenvalue weighted by Crippen LogP contribution is 2.27. The SMILES string of the molecule is Cc1ccccc1CC(Cl)c1ccsc1. The molecule has 0 nitrogen and oxygen atoms in total. The Balaban J connectivity index is 2.13. The van der Waals surface area contributed by atoms with E-state index in [0.29, 0.717) is 0 Å². The van der Waals surface area contributed by atoms with Gasteiger partial charge >= 0.3 is 0 Å². The number of aryl methyl sites for hydroxylation is 1. The Labute approximate surface area is 99.5 Å². The Hall–Kier alpha value is -0.790. The maximum atomic E-state index is 6.36. The normalized spacial score (nSPS) is 12.7. The third-order valence-electron chi connectivity index (χ3n) is 2.57. The van der Waals surface area contributed by atoms with Crippen LogP contribution in [0.3, 0.4) is 0 Å². The fourth-order valence-electron chi connectivity index (χ4n) is 1.60. The predicted molar refractivity (Wildman–Crippen MR) is 67.8 cm³/mol. The fourth-order valence-corrected chi connectivity index (χ4v) is 2.69. The topological polar surface area (TPSA) is 0 Å². The van der Waals surface area contributed by atoms with E-state index in [4.69, 9.17) is 11.6 Å². The summed E-state index contributed by atoms with van der Waals surface area (Å²) < 4.78 is 0.